The molecule has 6 rings (SSSR count). The van der Waals surface area contributed by atoms with Crippen LogP contribution in [0.2, 0.25) is 0 Å². The Bertz CT molecular complexity index is 2890. The van der Waals surface area contributed by atoms with E-state index in [4.69, 9.17) is 10.5 Å². The molecule has 0 unspecified atom stereocenters. The molecule has 0 atom stereocenters. The summed E-state index contributed by atoms with van der Waals surface area (Å²) >= 11 is 0. The number of benzene rings is 5. The quantitative estimate of drug-likeness (QED) is 0.0526. The van der Waals surface area contributed by atoms with E-state index >= 15 is 0 Å². The highest BCUT2D eigenvalue weighted by molar-refractivity contribution is 7.20. The summed E-state index contributed by atoms with van der Waals surface area (Å²) in [6.07, 6.45) is -51.1. The second kappa shape index (κ2) is 20.7. The van der Waals surface area contributed by atoms with Crippen molar-refractivity contribution in [3.63, 3.8) is 0 Å². The number of Topliss-reactive ketones (excluding diaryl/α,β-unsaturated/α-hetero) is 1. The molecule has 0 aliphatic rings. The number of ketones is 1. The lowest BCUT2D eigenvalue weighted by Crippen LogP contribution is -2.75. The van der Waals surface area contributed by atoms with Crippen LogP contribution in [0.15, 0.2) is 127 Å². The Morgan fingerprint density at radius 2 is 0.662 bits per heavy atom. The average molecular weight is 1130 g/mol. The minimum absolute atomic E-state index is 0.127. The molecule has 29 heteroatoms. The SMILES string of the molecule is CC(=O)C(C[n+]1ccc2ccccc2c1)=C(C#N)C#N.FC(F)(F)c1cc([B-](c2cc(C(F)(F)F)cc(C(F)(F)F)c2)(c2cc(C(F)(F)F)cc(C(F)(F)F)c2)c2cc(C(F)(F)F)cc(C(F)(F)F)c2)cc(C(F)(F)F)c1. The predicted octanol–water partition coefficient (Wildman–Crippen LogP) is 13.3. The van der Waals surface area contributed by atoms with Crippen LogP contribution in [-0.2, 0) is 60.7 Å². The van der Waals surface area contributed by atoms with Gasteiger partial charge < -0.3 is 0 Å². The number of nitrogens with zero attached hydrogens (tertiary/aromatic N) is 3. The van der Waals surface area contributed by atoms with Gasteiger partial charge in [0.1, 0.15) is 23.9 Å². The zero-order valence-electron chi connectivity index (χ0n) is 37.6. The van der Waals surface area contributed by atoms with E-state index in [1.54, 1.807) is 16.7 Å². The number of hydrogen-bond donors (Lipinski definition) is 0. The Kier molecular flexibility index (Phi) is 16.2. The fourth-order valence-electron chi connectivity index (χ4n) is 8.06. The van der Waals surface area contributed by atoms with Crippen LogP contribution in [0.4, 0.5) is 105 Å². The molecule has 1 heterocycles. The van der Waals surface area contributed by atoms with Gasteiger partial charge in [0.2, 0.25) is 0 Å². The van der Waals surface area contributed by atoms with Crippen molar-refractivity contribution < 1.29 is 115 Å². The van der Waals surface area contributed by atoms with Gasteiger partial charge in [0, 0.05) is 11.5 Å². The van der Waals surface area contributed by atoms with Crippen LogP contribution in [-0.4, -0.2) is 11.9 Å². The highest BCUT2D eigenvalue weighted by Crippen LogP contribution is 2.41. The number of allylic oxidation sites excluding steroid dienone is 2. The number of hydrogen-bond acceptors (Lipinski definition) is 3. The van der Waals surface area contributed by atoms with Gasteiger partial charge in [-0.3, -0.25) is 4.79 Å². The smallest absolute Gasteiger partial charge is 0.295 e. The lowest BCUT2D eigenvalue weighted by Gasteiger charge is -2.46. The van der Waals surface area contributed by atoms with Gasteiger partial charge >= 0.3 is 49.4 Å². The van der Waals surface area contributed by atoms with Crippen molar-refractivity contribution in [3.8, 4) is 12.1 Å². The fourth-order valence-corrected chi connectivity index (χ4v) is 8.06. The molecule has 0 amide bonds. The Hall–Kier alpha value is -7.72. The van der Waals surface area contributed by atoms with Crippen molar-refractivity contribution in [2.24, 2.45) is 0 Å². The van der Waals surface area contributed by atoms with E-state index < -0.39 is 195 Å². The lowest BCUT2D eigenvalue weighted by molar-refractivity contribution is -0.687. The van der Waals surface area contributed by atoms with E-state index in [0.29, 0.717) is 0 Å². The van der Waals surface area contributed by atoms with Crippen LogP contribution in [0.1, 0.15) is 51.4 Å². The monoisotopic (exact) mass is 1130 g/mol. The Labute approximate surface area is 415 Å². The molecule has 5 aromatic carbocycles. The standard InChI is InChI=1S/C32H12BF24.C16H12N3O/c34-25(35,36)13-1-14(26(37,38)39)6-21(5-13)33(22-7-15(27(40,41)42)2-16(8-22)28(43,44)45,23-9-17(29(46,47)48)3-18(10-23)30(49,50)51)24-11-19(31(52,53)54)4-20(12-24)32(55,56)57;1-12(20)16(15(8-17)9-18)11-19-7-6-13-4-2-3-5-14(13)10-19/h1-12H;2-7,10H,11H2,1H3/q-1;+1. The molecular weight excluding hydrogens is 1100 g/mol. The molecule has 1 aromatic heterocycles. The molecule has 408 valence electrons. The molecule has 0 spiro atoms. The summed E-state index contributed by atoms with van der Waals surface area (Å²) in [5, 5.41) is 19.9. The third kappa shape index (κ3) is 13.6. The Balaban J connectivity index is 0.000000455. The number of carbonyl (C=O) groups excluding carboxylic acids is 1. The predicted molar refractivity (Wildman–Crippen MR) is 223 cm³/mol. The van der Waals surface area contributed by atoms with E-state index in [0.717, 1.165) is 10.8 Å². The largest absolute Gasteiger partial charge is 0.416 e. The number of halogens is 24. The maximum atomic E-state index is 14.2. The number of fused-ring (bicyclic) bond motifs is 1. The van der Waals surface area contributed by atoms with Crippen molar-refractivity contribution in [3.05, 3.63) is 171 Å². The van der Waals surface area contributed by atoms with Crippen molar-refractivity contribution in [2.45, 2.75) is 62.9 Å². The Morgan fingerprint density at radius 1 is 0.416 bits per heavy atom. The van der Waals surface area contributed by atoms with Crippen molar-refractivity contribution in [2.75, 3.05) is 0 Å². The molecule has 0 bridgehead atoms. The summed E-state index contributed by atoms with van der Waals surface area (Å²) < 4.78 is 343. The van der Waals surface area contributed by atoms with Gasteiger partial charge in [-0.15, -0.1) is 0 Å². The zero-order valence-corrected chi connectivity index (χ0v) is 37.6. The maximum Gasteiger partial charge on any atom is 0.416 e. The van der Waals surface area contributed by atoms with Gasteiger partial charge in [0.05, 0.1) is 50.1 Å². The number of nitriles is 2. The van der Waals surface area contributed by atoms with Gasteiger partial charge in [0.25, 0.3) is 0 Å². The second-order valence-corrected chi connectivity index (χ2v) is 16.6. The minimum atomic E-state index is -6.13. The highest BCUT2D eigenvalue weighted by Gasteiger charge is 2.47. The van der Waals surface area contributed by atoms with Gasteiger partial charge in [-0.1, -0.05) is 66.7 Å². The van der Waals surface area contributed by atoms with E-state index in [-0.39, 0.29) is 23.5 Å². The van der Waals surface area contributed by atoms with E-state index in [9.17, 15) is 110 Å². The first-order valence-electron chi connectivity index (χ1n) is 20.7. The first-order valence-corrected chi connectivity index (χ1v) is 20.7. The van der Waals surface area contributed by atoms with Crippen LogP contribution in [0.3, 0.4) is 0 Å². The topological polar surface area (TPSA) is 68.5 Å². The maximum absolute atomic E-state index is 14.2. The van der Waals surface area contributed by atoms with E-state index in [1.165, 1.54) is 6.92 Å². The highest BCUT2D eigenvalue weighted by atomic mass is 19.4. The van der Waals surface area contributed by atoms with Gasteiger partial charge in [-0.25, -0.2) is 0 Å². The van der Waals surface area contributed by atoms with Crippen LogP contribution in [0.5, 0.6) is 0 Å². The summed E-state index contributed by atoms with van der Waals surface area (Å²) in [4.78, 5) is 11.6. The van der Waals surface area contributed by atoms with Gasteiger partial charge in [-0.2, -0.15) is 142 Å². The molecule has 6 aromatic rings. The summed E-state index contributed by atoms with van der Waals surface area (Å²) in [7, 11) is 0. The Morgan fingerprint density at radius 3 is 0.883 bits per heavy atom. The van der Waals surface area contributed by atoms with Crippen molar-refractivity contribution in [1.82, 2.24) is 0 Å². The molecule has 0 saturated heterocycles. The van der Waals surface area contributed by atoms with Crippen molar-refractivity contribution >= 4 is 44.6 Å². The molecule has 4 nitrogen and oxygen atoms in total. The first-order chi connectivity index (χ1) is 34.9. The fraction of sp³-hybridized carbons (Fsp3) is 0.208. The molecule has 0 N–H and O–H groups in total. The van der Waals surface area contributed by atoms with Crippen LogP contribution >= 0.6 is 0 Å². The van der Waals surface area contributed by atoms with Crippen LogP contribution in [0, 0.1) is 22.7 Å². The molecular formula is C48H24BF24N3O. The van der Waals surface area contributed by atoms with Crippen molar-refractivity contribution in [1.29, 1.82) is 10.5 Å². The van der Waals surface area contributed by atoms with Crippen LogP contribution < -0.4 is 26.4 Å². The molecule has 0 saturated carbocycles. The summed E-state index contributed by atoms with van der Waals surface area (Å²) in [6.45, 7) is 1.59. The van der Waals surface area contributed by atoms with E-state index in [1.807, 2.05) is 42.7 Å². The van der Waals surface area contributed by atoms with Crippen LogP contribution in [0.25, 0.3) is 10.8 Å². The second-order valence-electron chi connectivity index (χ2n) is 16.6. The van der Waals surface area contributed by atoms with Gasteiger partial charge in [-0.05, 0) is 42.6 Å². The molecule has 0 aliphatic heterocycles. The molecule has 0 radical (unpaired) electrons. The summed E-state index contributed by atoms with van der Waals surface area (Å²) in [6, 6.07) is 4.53. The number of carbonyl (C=O) groups is 1. The molecule has 0 aliphatic carbocycles. The number of rotatable bonds is 7. The number of alkyl halides is 24. The number of aromatic nitrogens is 1. The third-order valence-corrected chi connectivity index (χ3v) is 11.5. The molecule has 0 fully saturated rings. The van der Waals surface area contributed by atoms with E-state index in [2.05, 4.69) is 0 Å². The lowest BCUT2D eigenvalue weighted by atomic mass is 9.12. The number of pyridine rings is 1. The first kappa shape index (κ1) is 60.2. The zero-order chi connectivity index (χ0) is 58.4. The summed E-state index contributed by atoms with van der Waals surface area (Å²) in [5.74, 6) is -0.260. The summed E-state index contributed by atoms with van der Waals surface area (Å²) in [5.41, 5.74) is -30.1. The third-order valence-electron chi connectivity index (χ3n) is 11.5. The average Bonchev–Trinajstić information content (AvgIpc) is 3.29. The minimum Gasteiger partial charge on any atom is -0.295 e. The van der Waals surface area contributed by atoms with Gasteiger partial charge in [0.15, 0.2) is 24.7 Å². The normalized spacial score (nSPS) is 13.1. The molecule has 77 heavy (non-hydrogen) atoms.